The van der Waals surface area contributed by atoms with Crippen LogP contribution in [0.3, 0.4) is 0 Å². The zero-order valence-corrected chi connectivity index (χ0v) is 21.2. The number of aliphatic hydroxyl groups is 2. The first-order valence-electron chi connectivity index (χ1n) is 13.1. The van der Waals surface area contributed by atoms with E-state index in [0.29, 0.717) is 18.8 Å². The third-order valence-corrected chi connectivity index (χ3v) is 9.01. The molecule has 0 radical (unpaired) electrons. The fraction of sp³-hybridized carbons (Fsp3) is 0.586. The average molecular weight is 496 g/mol. The molecule has 1 aromatic carbocycles. The maximum atomic E-state index is 13.9. The van der Waals surface area contributed by atoms with Crippen molar-refractivity contribution in [2.45, 2.75) is 82.0 Å². The Morgan fingerprint density at radius 1 is 1.11 bits per heavy atom. The number of ether oxygens (including phenoxy) is 2. The van der Waals surface area contributed by atoms with Crippen LogP contribution in [-0.2, 0) is 25.5 Å². The smallest absolute Gasteiger partial charge is 0.331 e. The van der Waals surface area contributed by atoms with Crippen molar-refractivity contribution in [2.75, 3.05) is 0 Å². The van der Waals surface area contributed by atoms with Crippen molar-refractivity contribution in [1.82, 2.24) is 5.32 Å². The monoisotopic (exact) mass is 495 g/mol. The first kappa shape index (κ1) is 25.2. The second-order valence-electron chi connectivity index (χ2n) is 11.3. The topological polar surface area (TPSA) is 108 Å². The summed E-state index contributed by atoms with van der Waals surface area (Å²) >= 11 is 0. The minimum Gasteiger partial charge on any atom is -0.445 e. The van der Waals surface area contributed by atoms with E-state index >= 15 is 0 Å². The first-order valence-corrected chi connectivity index (χ1v) is 13.1. The van der Waals surface area contributed by atoms with Gasteiger partial charge in [0.1, 0.15) is 5.60 Å². The molecule has 1 amide bonds. The second-order valence-corrected chi connectivity index (χ2v) is 11.3. The molecule has 36 heavy (non-hydrogen) atoms. The Labute approximate surface area is 212 Å². The average Bonchev–Trinajstić information content (AvgIpc) is 3.32. The van der Waals surface area contributed by atoms with E-state index in [2.05, 4.69) is 12.2 Å². The largest absolute Gasteiger partial charge is 0.445 e. The molecule has 3 heterocycles. The van der Waals surface area contributed by atoms with Gasteiger partial charge < -0.3 is 25.0 Å². The SMILES string of the molecule is C[C@H]1C/C=C/[C@@H]2[C@]3(OC(=O)/C=C/[C@H](O)CCC1)C(=O)N[C@@H](Cc1ccccc1)[C@@H]3[C@H](C)[C@@]1(C)O[C@@]21O. The minimum absolute atomic E-state index is 0.278. The van der Waals surface area contributed by atoms with Gasteiger partial charge in [-0.3, -0.25) is 4.79 Å². The number of amides is 1. The minimum atomic E-state index is -1.64. The molecule has 3 fully saturated rings. The predicted octanol–water partition coefficient (Wildman–Crippen LogP) is 3.05. The number of esters is 1. The Morgan fingerprint density at radius 3 is 2.61 bits per heavy atom. The van der Waals surface area contributed by atoms with E-state index in [1.165, 1.54) is 12.2 Å². The molecule has 7 nitrogen and oxygen atoms in total. The number of hydrogen-bond acceptors (Lipinski definition) is 6. The highest BCUT2D eigenvalue weighted by Gasteiger charge is 2.86. The summed E-state index contributed by atoms with van der Waals surface area (Å²) in [4.78, 5) is 27.0. The van der Waals surface area contributed by atoms with Crippen molar-refractivity contribution >= 4 is 11.9 Å². The summed E-state index contributed by atoms with van der Waals surface area (Å²) in [7, 11) is 0. The van der Waals surface area contributed by atoms with Crippen LogP contribution >= 0.6 is 0 Å². The Morgan fingerprint density at radius 2 is 1.86 bits per heavy atom. The van der Waals surface area contributed by atoms with E-state index in [0.717, 1.165) is 24.8 Å². The molecule has 194 valence electrons. The lowest BCUT2D eigenvalue weighted by atomic mass is 9.57. The zero-order valence-electron chi connectivity index (χ0n) is 21.2. The highest BCUT2D eigenvalue weighted by Crippen LogP contribution is 2.68. The lowest BCUT2D eigenvalue weighted by Crippen LogP contribution is -2.65. The van der Waals surface area contributed by atoms with Gasteiger partial charge >= 0.3 is 5.97 Å². The van der Waals surface area contributed by atoms with E-state index in [9.17, 15) is 19.8 Å². The van der Waals surface area contributed by atoms with Crippen molar-refractivity contribution in [3.8, 4) is 0 Å². The van der Waals surface area contributed by atoms with Gasteiger partial charge in [-0.2, -0.15) is 0 Å². The van der Waals surface area contributed by atoms with Gasteiger partial charge in [0.15, 0.2) is 0 Å². The maximum absolute atomic E-state index is 13.9. The highest BCUT2D eigenvalue weighted by atomic mass is 16.8. The maximum Gasteiger partial charge on any atom is 0.331 e. The molecule has 0 aromatic heterocycles. The van der Waals surface area contributed by atoms with Gasteiger partial charge in [0.05, 0.1) is 12.0 Å². The molecule has 3 aliphatic heterocycles. The van der Waals surface area contributed by atoms with Crippen molar-refractivity contribution in [3.63, 3.8) is 0 Å². The van der Waals surface area contributed by atoms with Crippen LogP contribution < -0.4 is 5.32 Å². The number of allylic oxidation sites excluding steroid dienone is 1. The number of fused-ring (bicyclic) bond motifs is 2. The quantitative estimate of drug-likeness (QED) is 0.331. The summed E-state index contributed by atoms with van der Waals surface area (Å²) in [6.45, 7) is 5.98. The molecule has 1 saturated carbocycles. The number of carbonyl (C=O) groups is 2. The van der Waals surface area contributed by atoms with Crippen molar-refractivity contribution in [1.29, 1.82) is 0 Å². The molecule has 1 spiro atoms. The molecule has 3 N–H and O–H groups in total. The number of rotatable bonds is 2. The van der Waals surface area contributed by atoms with Crippen LogP contribution in [0.4, 0.5) is 0 Å². The van der Waals surface area contributed by atoms with E-state index in [4.69, 9.17) is 9.47 Å². The molecule has 5 rings (SSSR count). The fourth-order valence-corrected chi connectivity index (χ4v) is 6.84. The van der Waals surface area contributed by atoms with Gasteiger partial charge in [-0.05, 0) is 49.7 Å². The lowest BCUT2D eigenvalue weighted by Gasteiger charge is -2.47. The van der Waals surface area contributed by atoms with Gasteiger partial charge in [0.25, 0.3) is 5.91 Å². The van der Waals surface area contributed by atoms with Crippen molar-refractivity contribution in [2.24, 2.45) is 23.7 Å². The highest BCUT2D eigenvalue weighted by molar-refractivity contribution is 5.94. The van der Waals surface area contributed by atoms with Gasteiger partial charge in [-0.25, -0.2) is 4.79 Å². The Bertz CT molecular complexity index is 1070. The summed E-state index contributed by atoms with van der Waals surface area (Å²) < 4.78 is 12.1. The summed E-state index contributed by atoms with van der Waals surface area (Å²) in [6.07, 6.45) is 9.31. The second kappa shape index (κ2) is 9.12. The van der Waals surface area contributed by atoms with Crippen LogP contribution in [0.15, 0.2) is 54.6 Å². The summed E-state index contributed by atoms with van der Waals surface area (Å²) in [5, 5.41) is 25.1. The predicted molar refractivity (Wildman–Crippen MR) is 133 cm³/mol. The van der Waals surface area contributed by atoms with Gasteiger partial charge in [0.2, 0.25) is 11.4 Å². The van der Waals surface area contributed by atoms with Crippen LogP contribution in [0, 0.1) is 23.7 Å². The van der Waals surface area contributed by atoms with E-state index in [1.807, 2.05) is 56.3 Å². The lowest BCUT2D eigenvalue weighted by molar-refractivity contribution is -0.193. The molecule has 4 aliphatic rings. The summed E-state index contributed by atoms with van der Waals surface area (Å²) in [6, 6.07) is 9.58. The molecule has 1 aliphatic carbocycles. The molecule has 0 unspecified atom stereocenters. The molecule has 0 bridgehead atoms. The van der Waals surface area contributed by atoms with E-state index < -0.39 is 46.8 Å². The molecular weight excluding hydrogens is 458 g/mol. The van der Waals surface area contributed by atoms with Crippen LogP contribution in [0.2, 0.25) is 0 Å². The number of hydrogen-bond donors (Lipinski definition) is 3. The standard InChI is InChI=1S/C29H37NO6/c1-18-9-7-13-21(31)15-16-24(32)35-28-23(14-8-10-18)29(34)27(3,36-29)19(2)25(28)22(30-26(28)33)17-20-11-5-4-6-12-20/h4-6,8,11-12,14-16,18-19,21-23,25,31,34H,7,9-10,13,17H2,1-3H3,(H,30,33)/b14-8+,16-15+/t18-,19+,21-,22+,23-,25+,27-,28-,29+/m1/s1. The van der Waals surface area contributed by atoms with Crippen LogP contribution in [-0.4, -0.2) is 51.2 Å². The Hall–Kier alpha value is -2.48. The third-order valence-electron chi connectivity index (χ3n) is 9.01. The summed E-state index contributed by atoms with van der Waals surface area (Å²) in [5.41, 5.74) is -1.45. The van der Waals surface area contributed by atoms with Crippen molar-refractivity contribution in [3.05, 3.63) is 60.2 Å². The van der Waals surface area contributed by atoms with Crippen LogP contribution in [0.1, 0.15) is 52.0 Å². The number of benzene rings is 1. The number of carbonyl (C=O) groups excluding carboxylic acids is 2. The fourth-order valence-electron chi connectivity index (χ4n) is 6.84. The third kappa shape index (κ3) is 3.92. The summed E-state index contributed by atoms with van der Waals surface area (Å²) in [5.74, 6) is -3.96. The zero-order chi connectivity index (χ0) is 25.7. The number of epoxide rings is 1. The van der Waals surface area contributed by atoms with Gasteiger partial charge in [-0.1, -0.05) is 69.2 Å². The van der Waals surface area contributed by atoms with Crippen molar-refractivity contribution < 1.29 is 29.3 Å². The first-order chi connectivity index (χ1) is 17.1. The van der Waals surface area contributed by atoms with E-state index in [-0.39, 0.29) is 12.0 Å². The van der Waals surface area contributed by atoms with Crippen LogP contribution in [0.5, 0.6) is 0 Å². The molecule has 9 atom stereocenters. The van der Waals surface area contributed by atoms with Crippen LogP contribution in [0.25, 0.3) is 0 Å². The number of nitrogens with one attached hydrogen (secondary N) is 1. The normalized spacial score (nSPS) is 46.2. The molecule has 1 aromatic rings. The Balaban J connectivity index is 1.60. The van der Waals surface area contributed by atoms with Gasteiger partial charge in [-0.15, -0.1) is 0 Å². The van der Waals surface area contributed by atoms with Gasteiger partial charge in [0, 0.05) is 18.0 Å². The molecule has 2 saturated heterocycles. The Kier molecular flexibility index (Phi) is 6.38. The molecule has 7 heteroatoms. The van der Waals surface area contributed by atoms with E-state index in [1.54, 1.807) is 0 Å². The number of aliphatic hydroxyl groups excluding tert-OH is 1. The molecular formula is C29H37NO6.